The van der Waals surface area contributed by atoms with Gasteiger partial charge in [-0.3, -0.25) is 4.79 Å². The van der Waals surface area contributed by atoms with Gasteiger partial charge in [0.15, 0.2) is 0 Å². The lowest BCUT2D eigenvalue weighted by molar-refractivity contribution is -0.108. The molecule has 0 aliphatic heterocycles. The van der Waals surface area contributed by atoms with Crippen molar-refractivity contribution in [3.63, 3.8) is 0 Å². The molecule has 1 amide bonds. The number of allylic oxidation sites excluding steroid dienone is 3. The Labute approximate surface area is 73.4 Å². The molecular weight excluding hydrogens is 150 g/mol. The highest BCUT2D eigenvalue weighted by molar-refractivity contribution is 5.57. The van der Waals surface area contributed by atoms with Crippen LogP contribution in [0.5, 0.6) is 0 Å². The minimum Gasteiger partial charge on any atom is -0.329 e. The van der Waals surface area contributed by atoms with Crippen molar-refractivity contribution in [1.29, 1.82) is 0 Å². The second-order valence-electron chi connectivity index (χ2n) is 3.79. The van der Waals surface area contributed by atoms with Gasteiger partial charge in [-0.1, -0.05) is 25.5 Å². The number of carbonyl (C=O) groups is 1. The Morgan fingerprint density at radius 1 is 1.42 bits per heavy atom. The van der Waals surface area contributed by atoms with Gasteiger partial charge in [-0.05, 0) is 19.4 Å². The molecule has 0 heterocycles. The van der Waals surface area contributed by atoms with E-state index in [0.717, 1.165) is 12.1 Å². The van der Waals surface area contributed by atoms with Crippen molar-refractivity contribution >= 4 is 6.41 Å². The number of carbonyl (C=O) groups excluding carboxylic acids is 1. The quantitative estimate of drug-likeness (QED) is 0.623. The average molecular weight is 165 g/mol. The van der Waals surface area contributed by atoms with Crippen LogP contribution in [-0.4, -0.2) is 6.41 Å². The smallest absolute Gasteiger partial charge is 0.211 e. The van der Waals surface area contributed by atoms with Crippen LogP contribution in [0.4, 0.5) is 0 Å². The molecule has 0 bridgehead atoms. The summed E-state index contributed by atoms with van der Waals surface area (Å²) in [5.74, 6) is 0. The van der Waals surface area contributed by atoms with E-state index >= 15 is 0 Å². The maximum absolute atomic E-state index is 10.2. The van der Waals surface area contributed by atoms with Crippen LogP contribution in [0, 0.1) is 5.41 Å². The number of hydrogen-bond acceptors (Lipinski definition) is 1. The molecule has 2 heteroatoms. The van der Waals surface area contributed by atoms with E-state index in [0.29, 0.717) is 0 Å². The fourth-order valence-electron chi connectivity index (χ4n) is 1.48. The zero-order valence-electron chi connectivity index (χ0n) is 8.06. The van der Waals surface area contributed by atoms with E-state index in [2.05, 4.69) is 32.2 Å². The van der Waals surface area contributed by atoms with Gasteiger partial charge < -0.3 is 5.32 Å². The first-order valence-electron chi connectivity index (χ1n) is 4.10. The molecule has 0 saturated carbocycles. The van der Waals surface area contributed by atoms with Crippen molar-refractivity contribution in [2.75, 3.05) is 0 Å². The highest BCUT2D eigenvalue weighted by atomic mass is 16.1. The Morgan fingerprint density at radius 3 is 2.33 bits per heavy atom. The largest absolute Gasteiger partial charge is 0.329 e. The fraction of sp³-hybridized carbons (Fsp3) is 0.500. The average Bonchev–Trinajstić information content (AvgIpc) is 2.16. The molecule has 0 saturated heterocycles. The van der Waals surface area contributed by atoms with Crippen molar-refractivity contribution in [3.05, 3.63) is 22.9 Å². The van der Waals surface area contributed by atoms with Gasteiger partial charge in [-0.15, -0.1) is 0 Å². The lowest BCUT2D eigenvalue weighted by Gasteiger charge is -2.16. The zero-order chi connectivity index (χ0) is 9.35. The van der Waals surface area contributed by atoms with Gasteiger partial charge in [0.2, 0.25) is 6.41 Å². The summed E-state index contributed by atoms with van der Waals surface area (Å²) < 4.78 is 0. The Kier molecular flexibility index (Phi) is 2.09. The Balaban J connectivity index is 3.01. The lowest BCUT2D eigenvalue weighted by Crippen LogP contribution is -2.09. The number of hydrogen-bond donors (Lipinski definition) is 1. The third-order valence-electron chi connectivity index (χ3n) is 2.65. The predicted octanol–water partition coefficient (Wildman–Crippen LogP) is 1.99. The van der Waals surface area contributed by atoms with Crippen LogP contribution >= 0.6 is 0 Å². The van der Waals surface area contributed by atoms with Gasteiger partial charge in [0.05, 0.1) is 0 Å². The molecule has 0 spiro atoms. The summed E-state index contributed by atoms with van der Waals surface area (Å²) in [5.41, 5.74) is 3.56. The van der Waals surface area contributed by atoms with E-state index in [1.165, 1.54) is 11.1 Å². The highest BCUT2D eigenvalue weighted by Gasteiger charge is 2.26. The maximum Gasteiger partial charge on any atom is 0.211 e. The summed E-state index contributed by atoms with van der Waals surface area (Å²) in [6.07, 6.45) is 2.82. The van der Waals surface area contributed by atoms with Gasteiger partial charge in [-0.2, -0.15) is 0 Å². The number of nitrogens with one attached hydrogen (secondary N) is 1. The van der Waals surface area contributed by atoms with Gasteiger partial charge in [0.25, 0.3) is 0 Å². The van der Waals surface area contributed by atoms with Crippen LogP contribution in [0.15, 0.2) is 22.9 Å². The predicted molar refractivity (Wildman–Crippen MR) is 49.4 cm³/mol. The fourth-order valence-corrected chi connectivity index (χ4v) is 1.48. The third kappa shape index (κ3) is 1.29. The van der Waals surface area contributed by atoms with Gasteiger partial charge in [0, 0.05) is 11.1 Å². The molecule has 1 aliphatic rings. The summed E-state index contributed by atoms with van der Waals surface area (Å²) in [4.78, 5) is 10.2. The second kappa shape index (κ2) is 2.77. The van der Waals surface area contributed by atoms with Gasteiger partial charge >= 0.3 is 0 Å². The molecule has 1 N–H and O–H groups in total. The zero-order valence-corrected chi connectivity index (χ0v) is 8.06. The van der Waals surface area contributed by atoms with Gasteiger partial charge in [0.1, 0.15) is 0 Å². The molecule has 0 aromatic rings. The van der Waals surface area contributed by atoms with Gasteiger partial charge in [-0.25, -0.2) is 0 Å². The van der Waals surface area contributed by atoms with E-state index in [9.17, 15) is 4.79 Å². The highest BCUT2D eigenvalue weighted by Crippen LogP contribution is 2.38. The Bertz CT molecular complexity index is 272. The molecule has 0 atom stereocenters. The van der Waals surface area contributed by atoms with Crippen LogP contribution < -0.4 is 5.32 Å². The van der Waals surface area contributed by atoms with Crippen LogP contribution in [0.25, 0.3) is 0 Å². The molecule has 1 aliphatic carbocycles. The lowest BCUT2D eigenvalue weighted by atomic mass is 9.88. The Morgan fingerprint density at radius 2 is 2.00 bits per heavy atom. The SMILES string of the molecule is CC1=C(C)C(C)(C)C=C1NC=O. The molecule has 0 unspecified atom stereocenters. The molecule has 2 nitrogen and oxygen atoms in total. The molecule has 0 radical (unpaired) electrons. The summed E-state index contributed by atoms with van der Waals surface area (Å²) in [5, 5.41) is 2.70. The van der Waals surface area contributed by atoms with Crippen LogP contribution in [-0.2, 0) is 4.79 Å². The van der Waals surface area contributed by atoms with Crippen LogP contribution in [0.2, 0.25) is 0 Å². The molecule has 0 fully saturated rings. The molecule has 1 rings (SSSR count). The normalized spacial score (nSPS) is 20.8. The number of rotatable bonds is 2. The van der Waals surface area contributed by atoms with Crippen molar-refractivity contribution in [3.8, 4) is 0 Å². The second-order valence-corrected chi connectivity index (χ2v) is 3.79. The molecule has 0 aromatic heterocycles. The third-order valence-corrected chi connectivity index (χ3v) is 2.65. The van der Waals surface area contributed by atoms with E-state index in [-0.39, 0.29) is 5.41 Å². The molecule has 66 valence electrons. The summed E-state index contributed by atoms with van der Waals surface area (Å²) in [6.45, 7) is 8.42. The molecule has 12 heavy (non-hydrogen) atoms. The number of amides is 1. The Hall–Kier alpha value is -1.05. The monoisotopic (exact) mass is 165 g/mol. The van der Waals surface area contributed by atoms with E-state index in [4.69, 9.17) is 0 Å². The molecule has 0 aromatic carbocycles. The first kappa shape index (κ1) is 9.04. The van der Waals surface area contributed by atoms with Crippen molar-refractivity contribution < 1.29 is 4.79 Å². The minimum atomic E-state index is 0.0927. The van der Waals surface area contributed by atoms with E-state index in [1.807, 2.05) is 6.92 Å². The van der Waals surface area contributed by atoms with E-state index < -0.39 is 0 Å². The van der Waals surface area contributed by atoms with Crippen molar-refractivity contribution in [2.24, 2.45) is 5.41 Å². The van der Waals surface area contributed by atoms with Crippen LogP contribution in [0.1, 0.15) is 27.7 Å². The van der Waals surface area contributed by atoms with E-state index in [1.54, 1.807) is 0 Å². The van der Waals surface area contributed by atoms with Crippen molar-refractivity contribution in [1.82, 2.24) is 5.32 Å². The first-order valence-corrected chi connectivity index (χ1v) is 4.10. The summed E-state index contributed by atoms with van der Waals surface area (Å²) in [6, 6.07) is 0. The van der Waals surface area contributed by atoms with Crippen LogP contribution in [0.3, 0.4) is 0 Å². The summed E-state index contributed by atoms with van der Waals surface area (Å²) in [7, 11) is 0. The molecular formula is C10H15NO. The topological polar surface area (TPSA) is 29.1 Å². The standard InChI is InChI=1S/C10H15NO/c1-7-8(2)10(3,4)5-9(7)11-6-12/h5-6H,1-4H3,(H,11,12). The van der Waals surface area contributed by atoms with Crippen molar-refractivity contribution in [2.45, 2.75) is 27.7 Å². The maximum atomic E-state index is 10.2. The minimum absolute atomic E-state index is 0.0927. The summed E-state index contributed by atoms with van der Waals surface area (Å²) >= 11 is 0. The first-order chi connectivity index (χ1) is 5.49.